The van der Waals surface area contributed by atoms with Gasteiger partial charge in [-0.25, -0.2) is 0 Å². The van der Waals surface area contributed by atoms with Crippen molar-refractivity contribution >= 4 is 56.2 Å². The number of benzene rings is 1. The fraction of sp³-hybridized carbons (Fsp3) is 0.263. The third-order valence-corrected chi connectivity index (χ3v) is 6.22. The van der Waals surface area contributed by atoms with Crippen LogP contribution in [0.4, 0.5) is 0 Å². The quantitative estimate of drug-likeness (QED) is 0.480. The van der Waals surface area contributed by atoms with Crippen molar-refractivity contribution in [3.8, 4) is 11.3 Å². The number of amides is 1. The molecule has 3 heterocycles. The molecule has 4 nitrogen and oxygen atoms in total. The maximum Gasteiger partial charge on any atom is 0.266 e. The average molecular weight is 450 g/mol. The minimum atomic E-state index is -0.0721. The zero-order valence-electron chi connectivity index (χ0n) is 13.8. The number of halogens is 1. The van der Waals surface area contributed by atoms with Gasteiger partial charge in [-0.1, -0.05) is 52.0 Å². The van der Waals surface area contributed by atoms with Gasteiger partial charge in [0.15, 0.2) is 0 Å². The van der Waals surface area contributed by atoms with E-state index in [-0.39, 0.29) is 12.0 Å². The molecule has 1 atom stereocenters. The molecule has 0 spiro atoms. The summed E-state index contributed by atoms with van der Waals surface area (Å²) in [6.45, 7) is 1.30. The molecule has 0 N–H and O–H groups in total. The van der Waals surface area contributed by atoms with E-state index in [0.717, 1.165) is 35.2 Å². The van der Waals surface area contributed by atoms with Crippen LogP contribution in [-0.4, -0.2) is 34.4 Å². The highest BCUT2D eigenvalue weighted by molar-refractivity contribution is 9.10. The SMILES string of the molecule is O=C1/C(=C\c2ccc(-c3ccc(Br)cc3)o2)SC(=S)N1C[C@@H]1CCCO1. The minimum absolute atomic E-state index is 0.0721. The lowest BCUT2D eigenvalue weighted by Crippen LogP contribution is -2.35. The highest BCUT2D eigenvalue weighted by Gasteiger charge is 2.34. The molecule has 0 unspecified atom stereocenters. The van der Waals surface area contributed by atoms with Gasteiger partial charge in [0.1, 0.15) is 15.8 Å². The topological polar surface area (TPSA) is 42.7 Å². The lowest BCUT2D eigenvalue weighted by Gasteiger charge is -2.18. The molecule has 1 aromatic heterocycles. The van der Waals surface area contributed by atoms with Crippen molar-refractivity contribution in [2.75, 3.05) is 13.2 Å². The lowest BCUT2D eigenvalue weighted by atomic mass is 10.2. The zero-order chi connectivity index (χ0) is 18.1. The largest absolute Gasteiger partial charge is 0.457 e. The first-order valence-corrected chi connectivity index (χ1v) is 10.3. The molecule has 2 aliphatic rings. The molecule has 1 amide bonds. The fourth-order valence-electron chi connectivity index (χ4n) is 2.98. The molecular formula is C19H16BrNO3S2. The molecule has 2 aromatic rings. The Bertz CT molecular complexity index is 869. The van der Waals surface area contributed by atoms with Crippen LogP contribution in [0, 0.1) is 0 Å². The second kappa shape index (κ2) is 7.68. The van der Waals surface area contributed by atoms with Crippen molar-refractivity contribution in [2.45, 2.75) is 18.9 Å². The second-order valence-corrected chi connectivity index (χ2v) is 8.73. The first-order chi connectivity index (χ1) is 12.6. The Labute approximate surface area is 169 Å². The van der Waals surface area contributed by atoms with E-state index in [1.807, 2.05) is 36.4 Å². The Morgan fingerprint density at radius 2 is 2.08 bits per heavy atom. The number of hydrogen-bond acceptors (Lipinski definition) is 5. The summed E-state index contributed by atoms with van der Waals surface area (Å²) in [6, 6.07) is 11.7. The van der Waals surface area contributed by atoms with Crippen molar-refractivity contribution in [2.24, 2.45) is 0 Å². The lowest BCUT2D eigenvalue weighted by molar-refractivity contribution is -0.123. The molecule has 26 heavy (non-hydrogen) atoms. The molecule has 0 bridgehead atoms. The van der Waals surface area contributed by atoms with Crippen molar-refractivity contribution in [1.82, 2.24) is 4.90 Å². The second-order valence-electron chi connectivity index (χ2n) is 6.14. The number of furan rings is 1. The zero-order valence-corrected chi connectivity index (χ0v) is 17.0. The van der Waals surface area contributed by atoms with E-state index in [1.165, 1.54) is 11.8 Å². The van der Waals surface area contributed by atoms with Crippen LogP contribution in [0.2, 0.25) is 0 Å². The molecule has 0 radical (unpaired) electrons. The molecule has 4 rings (SSSR count). The van der Waals surface area contributed by atoms with Crippen LogP contribution in [0.1, 0.15) is 18.6 Å². The summed E-state index contributed by atoms with van der Waals surface area (Å²) in [7, 11) is 0. The van der Waals surface area contributed by atoms with Crippen LogP contribution in [-0.2, 0) is 9.53 Å². The van der Waals surface area contributed by atoms with E-state index in [0.29, 0.717) is 21.5 Å². The molecular weight excluding hydrogens is 434 g/mol. The van der Waals surface area contributed by atoms with Crippen LogP contribution in [0.25, 0.3) is 17.4 Å². The molecule has 2 saturated heterocycles. The number of carbonyl (C=O) groups excluding carboxylic acids is 1. The summed E-state index contributed by atoms with van der Waals surface area (Å²) in [5.41, 5.74) is 0.985. The van der Waals surface area contributed by atoms with Gasteiger partial charge in [0.25, 0.3) is 5.91 Å². The highest BCUT2D eigenvalue weighted by atomic mass is 79.9. The Balaban J connectivity index is 1.50. The Kier molecular flexibility index (Phi) is 5.31. The van der Waals surface area contributed by atoms with E-state index in [2.05, 4.69) is 15.9 Å². The van der Waals surface area contributed by atoms with Crippen molar-refractivity contribution in [3.05, 3.63) is 51.5 Å². The van der Waals surface area contributed by atoms with Crippen molar-refractivity contribution < 1.29 is 13.9 Å². The minimum Gasteiger partial charge on any atom is -0.457 e. The molecule has 134 valence electrons. The standard InChI is InChI=1S/C19H16BrNO3S2/c20-13-5-3-12(4-6-13)16-8-7-14(24-16)10-17-18(22)21(19(25)26-17)11-15-2-1-9-23-15/h3-8,10,15H,1-2,9,11H2/b17-10+/t15-/m0/s1. The monoisotopic (exact) mass is 449 g/mol. The summed E-state index contributed by atoms with van der Waals surface area (Å²) in [5.74, 6) is 1.33. The summed E-state index contributed by atoms with van der Waals surface area (Å²) in [6.07, 6.45) is 3.87. The Morgan fingerprint density at radius 3 is 2.81 bits per heavy atom. The third-order valence-electron chi connectivity index (χ3n) is 4.31. The highest BCUT2D eigenvalue weighted by Crippen LogP contribution is 2.34. The van der Waals surface area contributed by atoms with Gasteiger partial charge in [-0.05, 0) is 37.1 Å². The summed E-state index contributed by atoms with van der Waals surface area (Å²) in [4.78, 5) is 14.9. The number of nitrogens with zero attached hydrogens (tertiary/aromatic N) is 1. The van der Waals surface area contributed by atoms with Crippen LogP contribution in [0.3, 0.4) is 0 Å². The van der Waals surface area contributed by atoms with Crippen LogP contribution in [0.15, 0.2) is 50.2 Å². The van der Waals surface area contributed by atoms with Gasteiger partial charge in [-0.2, -0.15) is 0 Å². The summed E-state index contributed by atoms with van der Waals surface area (Å²) >= 11 is 10.1. The molecule has 2 fully saturated rings. The van der Waals surface area contributed by atoms with Crippen LogP contribution in [0.5, 0.6) is 0 Å². The van der Waals surface area contributed by atoms with E-state index < -0.39 is 0 Å². The van der Waals surface area contributed by atoms with Gasteiger partial charge in [0.2, 0.25) is 0 Å². The number of hydrogen-bond donors (Lipinski definition) is 0. The van der Waals surface area contributed by atoms with Gasteiger partial charge >= 0.3 is 0 Å². The number of carbonyl (C=O) groups is 1. The predicted octanol–water partition coefficient (Wildman–Crippen LogP) is 5.09. The number of ether oxygens (including phenoxy) is 1. The van der Waals surface area contributed by atoms with E-state index in [9.17, 15) is 4.79 Å². The first-order valence-electron chi connectivity index (χ1n) is 8.33. The average Bonchev–Trinajstić information content (AvgIpc) is 3.35. The maximum atomic E-state index is 12.7. The van der Waals surface area contributed by atoms with Gasteiger partial charge in [0.05, 0.1) is 17.6 Å². The van der Waals surface area contributed by atoms with Crippen LogP contribution < -0.4 is 0 Å². The number of rotatable bonds is 4. The molecule has 1 aromatic carbocycles. The van der Waals surface area contributed by atoms with Gasteiger partial charge < -0.3 is 9.15 Å². The third kappa shape index (κ3) is 3.81. The molecule has 0 aliphatic carbocycles. The first kappa shape index (κ1) is 18.0. The normalized spacial score (nSPS) is 22.0. The smallest absolute Gasteiger partial charge is 0.266 e. The predicted molar refractivity (Wildman–Crippen MR) is 111 cm³/mol. The van der Waals surface area contributed by atoms with Crippen LogP contribution >= 0.6 is 39.9 Å². The fourth-order valence-corrected chi connectivity index (χ4v) is 4.50. The maximum absolute atomic E-state index is 12.7. The van der Waals surface area contributed by atoms with Crippen molar-refractivity contribution in [1.29, 1.82) is 0 Å². The molecule has 2 aliphatic heterocycles. The molecule has 7 heteroatoms. The number of thioether (sulfide) groups is 1. The van der Waals surface area contributed by atoms with Gasteiger partial charge in [0, 0.05) is 22.7 Å². The summed E-state index contributed by atoms with van der Waals surface area (Å²) < 4.78 is 13.1. The van der Waals surface area contributed by atoms with E-state index >= 15 is 0 Å². The van der Waals surface area contributed by atoms with Gasteiger partial charge in [-0.3, -0.25) is 9.69 Å². The van der Waals surface area contributed by atoms with Gasteiger partial charge in [-0.15, -0.1) is 0 Å². The Hall–Kier alpha value is -1.41. The van der Waals surface area contributed by atoms with E-state index in [1.54, 1.807) is 11.0 Å². The van der Waals surface area contributed by atoms with E-state index in [4.69, 9.17) is 21.4 Å². The van der Waals surface area contributed by atoms with Crippen molar-refractivity contribution in [3.63, 3.8) is 0 Å². The Morgan fingerprint density at radius 1 is 1.27 bits per heavy atom. The summed E-state index contributed by atoms with van der Waals surface area (Å²) in [5, 5.41) is 0. The molecule has 0 saturated carbocycles. The number of thiocarbonyl (C=S) groups is 1.